The minimum absolute atomic E-state index is 0.259. The second kappa shape index (κ2) is 8.41. The SMILES string of the molecule is COc1ccc(Oc2ccc(-c3cnc(-c4cc(O)c(O)c(Br)c4Br)o3)cc2)cc1. The van der Waals surface area contributed by atoms with E-state index < -0.39 is 0 Å². The predicted molar refractivity (Wildman–Crippen MR) is 119 cm³/mol. The van der Waals surface area contributed by atoms with E-state index in [9.17, 15) is 10.2 Å². The number of oxazole rings is 1. The molecule has 1 aromatic heterocycles. The molecule has 0 fully saturated rings. The number of aromatic hydroxyl groups is 2. The zero-order chi connectivity index (χ0) is 21.3. The first-order valence-corrected chi connectivity index (χ1v) is 10.3. The van der Waals surface area contributed by atoms with Gasteiger partial charge in [0.25, 0.3) is 0 Å². The molecular weight excluding hydrogens is 518 g/mol. The summed E-state index contributed by atoms with van der Waals surface area (Å²) in [5, 5.41) is 19.7. The highest BCUT2D eigenvalue weighted by Crippen LogP contribution is 2.45. The molecule has 0 unspecified atom stereocenters. The Hall–Kier alpha value is -2.97. The van der Waals surface area contributed by atoms with Crippen LogP contribution in [0.5, 0.6) is 28.7 Å². The van der Waals surface area contributed by atoms with E-state index in [1.54, 1.807) is 13.3 Å². The van der Waals surface area contributed by atoms with Crippen LogP contribution in [0.1, 0.15) is 0 Å². The van der Waals surface area contributed by atoms with E-state index in [2.05, 4.69) is 36.8 Å². The van der Waals surface area contributed by atoms with Crippen molar-refractivity contribution >= 4 is 31.9 Å². The number of halogens is 2. The number of nitrogens with zero attached hydrogens (tertiary/aromatic N) is 1. The molecule has 6 nitrogen and oxygen atoms in total. The van der Waals surface area contributed by atoms with Gasteiger partial charge in [0, 0.05) is 10.0 Å². The summed E-state index contributed by atoms with van der Waals surface area (Å²) < 4.78 is 17.7. The van der Waals surface area contributed by atoms with Crippen molar-refractivity contribution in [1.29, 1.82) is 0 Å². The molecule has 4 rings (SSSR count). The molecule has 0 spiro atoms. The molecule has 0 atom stereocenters. The number of rotatable bonds is 5. The molecule has 0 saturated heterocycles. The molecular formula is C22H15Br2NO5. The molecule has 30 heavy (non-hydrogen) atoms. The van der Waals surface area contributed by atoms with Crippen molar-refractivity contribution in [3.05, 3.63) is 69.7 Å². The van der Waals surface area contributed by atoms with Crippen LogP contribution in [0.2, 0.25) is 0 Å². The van der Waals surface area contributed by atoms with Crippen molar-refractivity contribution in [2.24, 2.45) is 0 Å². The molecule has 0 amide bonds. The third kappa shape index (κ3) is 4.01. The Kier molecular flexibility index (Phi) is 5.69. The van der Waals surface area contributed by atoms with Crippen LogP contribution in [0.4, 0.5) is 0 Å². The topological polar surface area (TPSA) is 85.0 Å². The molecule has 0 aliphatic carbocycles. The number of aromatic nitrogens is 1. The first kappa shape index (κ1) is 20.3. The van der Waals surface area contributed by atoms with Gasteiger partial charge in [0.15, 0.2) is 17.3 Å². The lowest BCUT2D eigenvalue weighted by molar-refractivity contribution is 0.401. The van der Waals surface area contributed by atoms with Gasteiger partial charge in [0.05, 0.1) is 23.3 Å². The number of hydrogen-bond donors (Lipinski definition) is 2. The summed E-state index contributed by atoms with van der Waals surface area (Å²) >= 11 is 6.60. The lowest BCUT2D eigenvalue weighted by Crippen LogP contribution is -1.86. The monoisotopic (exact) mass is 531 g/mol. The highest BCUT2D eigenvalue weighted by Gasteiger charge is 2.19. The molecule has 152 valence electrons. The standard InChI is InChI=1S/C22H15Br2NO5/c1-28-13-6-8-15(9-7-13)29-14-4-2-12(3-5-14)18-11-25-22(30-18)16-10-17(26)21(27)20(24)19(16)23/h2-11,26-27H,1H3. The zero-order valence-corrected chi connectivity index (χ0v) is 18.8. The van der Waals surface area contributed by atoms with E-state index in [1.807, 2.05) is 48.5 Å². The summed E-state index contributed by atoms with van der Waals surface area (Å²) in [5.41, 5.74) is 1.32. The third-order valence-corrected chi connectivity index (χ3v) is 6.46. The Balaban J connectivity index is 1.55. The first-order chi connectivity index (χ1) is 14.5. The summed E-state index contributed by atoms with van der Waals surface area (Å²) in [6.07, 6.45) is 1.60. The summed E-state index contributed by atoms with van der Waals surface area (Å²) in [6.45, 7) is 0. The molecule has 4 aromatic rings. The lowest BCUT2D eigenvalue weighted by atomic mass is 10.2. The van der Waals surface area contributed by atoms with E-state index in [4.69, 9.17) is 13.9 Å². The van der Waals surface area contributed by atoms with Gasteiger partial charge in [-0.05, 0) is 86.5 Å². The van der Waals surface area contributed by atoms with E-state index in [0.717, 1.165) is 11.3 Å². The molecule has 0 bridgehead atoms. The number of phenolic OH excluding ortho intramolecular Hbond substituents is 2. The Morgan fingerprint density at radius 1 is 0.867 bits per heavy atom. The van der Waals surface area contributed by atoms with Crippen molar-refractivity contribution in [3.8, 4) is 51.5 Å². The number of ether oxygens (including phenoxy) is 2. The molecule has 0 aliphatic heterocycles. The average Bonchev–Trinajstić information content (AvgIpc) is 3.26. The van der Waals surface area contributed by atoms with Crippen LogP contribution in [-0.2, 0) is 0 Å². The quantitative estimate of drug-likeness (QED) is 0.277. The second-order valence-electron chi connectivity index (χ2n) is 6.25. The molecule has 3 aromatic carbocycles. The first-order valence-electron chi connectivity index (χ1n) is 8.74. The highest BCUT2D eigenvalue weighted by atomic mass is 79.9. The highest BCUT2D eigenvalue weighted by molar-refractivity contribution is 9.13. The molecule has 0 aliphatic rings. The van der Waals surface area contributed by atoms with Crippen molar-refractivity contribution in [2.45, 2.75) is 0 Å². The molecule has 0 saturated carbocycles. The van der Waals surface area contributed by atoms with Crippen LogP contribution in [0.15, 0.2) is 74.2 Å². The van der Waals surface area contributed by atoms with Gasteiger partial charge < -0.3 is 24.1 Å². The van der Waals surface area contributed by atoms with Crippen LogP contribution in [0, 0.1) is 0 Å². The van der Waals surface area contributed by atoms with Crippen LogP contribution in [0.25, 0.3) is 22.8 Å². The normalized spacial score (nSPS) is 10.8. The molecule has 8 heteroatoms. The summed E-state index contributed by atoms with van der Waals surface area (Å²) in [7, 11) is 1.62. The molecule has 1 heterocycles. The Morgan fingerprint density at radius 3 is 2.10 bits per heavy atom. The van der Waals surface area contributed by atoms with Crippen LogP contribution >= 0.6 is 31.9 Å². The van der Waals surface area contributed by atoms with Crippen LogP contribution in [-0.4, -0.2) is 22.3 Å². The minimum Gasteiger partial charge on any atom is -0.504 e. The smallest absolute Gasteiger partial charge is 0.228 e. The maximum absolute atomic E-state index is 9.88. The third-order valence-electron chi connectivity index (χ3n) is 4.33. The van der Waals surface area contributed by atoms with Crippen molar-refractivity contribution in [3.63, 3.8) is 0 Å². The van der Waals surface area contributed by atoms with Crippen molar-refractivity contribution in [2.75, 3.05) is 7.11 Å². The number of benzene rings is 3. The minimum atomic E-state index is -0.278. The average molecular weight is 533 g/mol. The van der Waals surface area contributed by atoms with Crippen LogP contribution in [0.3, 0.4) is 0 Å². The number of hydrogen-bond acceptors (Lipinski definition) is 6. The lowest BCUT2D eigenvalue weighted by Gasteiger charge is -2.07. The van der Waals surface area contributed by atoms with Gasteiger partial charge in [-0.3, -0.25) is 0 Å². The zero-order valence-electron chi connectivity index (χ0n) is 15.6. The van der Waals surface area contributed by atoms with Gasteiger partial charge in [0.1, 0.15) is 17.2 Å². The maximum atomic E-state index is 9.88. The van der Waals surface area contributed by atoms with E-state index in [0.29, 0.717) is 37.7 Å². The largest absolute Gasteiger partial charge is 0.504 e. The number of phenols is 2. The summed E-state index contributed by atoms with van der Waals surface area (Å²) in [4.78, 5) is 4.29. The maximum Gasteiger partial charge on any atom is 0.228 e. The predicted octanol–water partition coefficient (Wildman–Crippen LogP) is 6.75. The van der Waals surface area contributed by atoms with Crippen molar-refractivity contribution < 1.29 is 24.1 Å². The van der Waals surface area contributed by atoms with Crippen molar-refractivity contribution in [1.82, 2.24) is 4.98 Å². The Bertz CT molecular complexity index is 1190. The van der Waals surface area contributed by atoms with E-state index >= 15 is 0 Å². The summed E-state index contributed by atoms with van der Waals surface area (Å²) in [6, 6.07) is 16.1. The van der Waals surface area contributed by atoms with Crippen LogP contribution < -0.4 is 9.47 Å². The fraction of sp³-hybridized carbons (Fsp3) is 0.0455. The van der Waals surface area contributed by atoms with E-state index in [1.165, 1.54) is 6.07 Å². The van der Waals surface area contributed by atoms with Gasteiger partial charge in [-0.1, -0.05) is 0 Å². The Morgan fingerprint density at radius 2 is 1.47 bits per heavy atom. The van der Waals surface area contributed by atoms with Gasteiger partial charge >= 0.3 is 0 Å². The summed E-state index contributed by atoms with van der Waals surface area (Å²) in [5.74, 6) is 2.46. The molecule has 0 radical (unpaired) electrons. The fourth-order valence-electron chi connectivity index (χ4n) is 2.76. The fourth-order valence-corrected chi connectivity index (χ4v) is 3.65. The Labute approximate surface area is 189 Å². The van der Waals surface area contributed by atoms with Gasteiger partial charge in [-0.25, -0.2) is 4.98 Å². The van der Waals surface area contributed by atoms with Gasteiger partial charge in [-0.15, -0.1) is 0 Å². The molecule has 2 N–H and O–H groups in total. The van der Waals surface area contributed by atoms with Gasteiger partial charge in [0.2, 0.25) is 5.89 Å². The second-order valence-corrected chi connectivity index (χ2v) is 7.84. The number of methoxy groups -OCH3 is 1. The van der Waals surface area contributed by atoms with Gasteiger partial charge in [-0.2, -0.15) is 0 Å². The van der Waals surface area contributed by atoms with E-state index in [-0.39, 0.29) is 11.5 Å².